The normalized spacial score (nSPS) is 14.5. The van der Waals surface area contributed by atoms with Crippen LogP contribution in [0.25, 0.3) is 5.65 Å². The molecule has 1 aliphatic carbocycles. The number of fused-ring (bicyclic) bond motifs is 1. The van der Waals surface area contributed by atoms with Crippen molar-refractivity contribution < 1.29 is 23.0 Å². The zero-order valence-electron chi connectivity index (χ0n) is 14.3. The van der Waals surface area contributed by atoms with Crippen molar-refractivity contribution in [3.05, 3.63) is 41.7 Å². The number of hydrogen-bond acceptors (Lipinski definition) is 6. The molecule has 7 nitrogen and oxygen atoms in total. The molecule has 3 aromatic rings. The lowest BCUT2D eigenvalue weighted by molar-refractivity contribution is -0.146. The Morgan fingerprint density at radius 2 is 2.00 bits per heavy atom. The van der Waals surface area contributed by atoms with Gasteiger partial charge in [-0.25, -0.2) is 0 Å². The third-order valence-electron chi connectivity index (χ3n) is 4.38. The van der Waals surface area contributed by atoms with Gasteiger partial charge in [0.05, 0.1) is 7.11 Å². The topological polar surface area (TPSA) is 75.8 Å². The number of phenolic OH excluding ortho intramolecular Hbond substituents is 1. The Balaban J connectivity index is 1.70. The molecule has 0 saturated heterocycles. The molecule has 0 radical (unpaired) electrons. The predicted octanol–water partition coefficient (Wildman–Crippen LogP) is 3.03. The molecular formula is C17H16F3N5O2. The van der Waals surface area contributed by atoms with Crippen LogP contribution >= 0.6 is 0 Å². The minimum Gasteiger partial charge on any atom is -0.504 e. The van der Waals surface area contributed by atoms with Crippen molar-refractivity contribution in [2.75, 3.05) is 12.0 Å². The van der Waals surface area contributed by atoms with E-state index in [1.807, 2.05) is 4.90 Å². The molecule has 0 unspecified atom stereocenters. The quantitative estimate of drug-likeness (QED) is 0.735. The second-order valence-corrected chi connectivity index (χ2v) is 6.35. The average Bonchev–Trinajstić information content (AvgIpc) is 3.37. The number of alkyl halides is 3. The highest BCUT2D eigenvalue weighted by Gasteiger charge is 2.38. The van der Waals surface area contributed by atoms with Crippen LogP contribution in [0.4, 0.5) is 19.0 Å². The molecule has 1 saturated carbocycles. The van der Waals surface area contributed by atoms with E-state index in [1.54, 1.807) is 18.2 Å². The van der Waals surface area contributed by atoms with Gasteiger partial charge in [0.1, 0.15) is 5.82 Å². The largest absolute Gasteiger partial charge is 0.504 e. The summed E-state index contributed by atoms with van der Waals surface area (Å²) in [5.41, 5.74) is 0.881. The molecule has 1 N–H and O–H groups in total. The van der Waals surface area contributed by atoms with Crippen LogP contribution in [0.1, 0.15) is 24.2 Å². The Morgan fingerprint density at radius 3 is 2.67 bits per heavy atom. The van der Waals surface area contributed by atoms with E-state index in [0.717, 1.165) is 22.9 Å². The summed E-state index contributed by atoms with van der Waals surface area (Å²) in [6.07, 6.45) is -2.77. The van der Waals surface area contributed by atoms with E-state index in [1.165, 1.54) is 19.2 Å². The van der Waals surface area contributed by atoms with E-state index in [2.05, 4.69) is 15.3 Å². The van der Waals surface area contributed by atoms with Gasteiger partial charge in [0.2, 0.25) is 0 Å². The third-order valence-corrected chi connectivity index (χ3v) is 4.38. The molecular weight excluding hydrogens is 363 g/mol. The molecule has 0 spiro atoms. The highest BCUT2D eigenvalue weighted by Crippen LogP contribution is 2.34. The Kier molecular flexibility index (Phi) is 4.05. The monoisotopic (exact) mass is 379 g/mol. The first kappa shape index (κ1) is 17.4. The Bertz CT molecular complexity index is 984. The van der Waals surface area contributed by atoms with Gasteiger partial charge in [0.15, 0.2) is 17.1 Å². The molecule has 0 bridgehead atoms. The molecule has 142 valence electrons. The number of ether oxygens (including phenoxy) is 1. The van der Waals surface area contributed by atoms with Crippen LogP contribution in [0, 0.1) is 0 Å². The molecule has 4 rings (SSSR count). The van der Waals surface area contributed by atoms with Crippen LogP contribution in [0.2, 0.25) is 0 Å². The zero-order chi connectivity index (χ0) is 19.2. The molecule has 1 fully saturated rings. The van der Waals surface area contributed by atoms with Crippen LogP contribution in [-0.2, 0) is 12.7 Å². The van der Waals surface area contributed by atoms with Gasteiger partial charge < -0.3 is 14.7 Å². The fourth-order valence-electron chi connectivity index (χ4n) is 2.91. The van der Waals surface area contributed by atoms with Crippen molar-refractivity contribution in [3.63, 3.8) is 0 Å². The number of methoxy groups -OCH3 is 1. The van der Waals surface area contributed by atoms with Gasteiger partial charge in [-0.05, 0) is 42.7 Å². The second-order valence-electron chi connectivity index (χ2n) is 6.35. The lowest BCUT2D eigenvalue weighted by Crippen LogP contribution is -2.27. The summed E-state index contributed by atoms with van der Waals surface area (Å²) in [5.74, 6) is -0.383. The van der Waals surface area contributed by atoms with Crippen molar-refractivity contribution in [1.82, 2.24) is 19.8 Å². The average molecular weight is 379 g/mol. The van der Waals surface area contributed by atoms with Gasteiger partial charge in [-0.15, -0.1) is 15.3 Å². The number of rotatable bonds is 5. The Hall–Kier alpha value is -3.04. The van der Waals surface area contributed by atoms with Gasteiger partial charge in [0, 0.05) is 12.6 Å². The van der Waals surface area contributed by atoms with Crippen molar-refractivity contribution >= 4 is 11.5 Å². The number of hydrogen-bond donors (Lipinski definition) is 1. The summed E-state index contributed by atoms with van der Waals surface area (Å²) in [4.78, 5) is 1.94. The van der Waals surface area contributed by atoms with Gasteiger partial charge in [0.25, 0.3) is 5.82 Å². The summed E-state index contributed by atoms with van der Waals surface area (Å²) in [6.45, 7) is 0.420. The zero-order valence-corrected chi connectivity index (χ0v) is 14.3. The van der Waals surface area contributed by atoms with E-state index in [4.69, 9.17) is 4.74 Å². The second kappa shape index (κ2) is 6.29. The lowest BCUT2D eigenvalue weighted by Gasteiger charge is -2.24. The number of phenols is 1. The summed E-state index contributed by atoms with van der Waals surface area (Å²) in [6, 6.07) is 8.27. The highest BCUT2D eigenvalue weighted by atomic mass is 19.4. The van der Waals surface area contributed by atoms with Gasteiger partial charge >= 0.3 is 6.18 Å². The molecule has 27 heavy (non-hydrogen) atoms. The number of benzene rings is 1. The highest BCUT2D eigenvalue weighted by molar-refractivity contribution is 5.49. The van der Waals surface area contributed by atoms with Crippen LogP contribution < -0.4 is 9.64 Å². The van der Waals surface area contributed by atoms with Gasteiger partial charge in [-0.2, -0.15) is 17.7 Å². The van der Waals surface area contributed by atoms with Crippen molar-refractivity contribution in [2.24, 2.45) is 0 Å². The number of nitrogens with zero attached hydrogens (tertiary/aromatic N) is 5. The molecule has 2 aromatic heterocycles. The first-order valence-corrected chi connectivity index (χ1v) is 8.29. The van der Waals surface area contributed by atoms with Crippen LogP contribution in [0.15, 0.2) is 30.3 Å². The van der Waals surface area contributed by atoms with E-state index in [9.17, 15) is 18.3 Å². The maximum atomic E-state index is 13.1. The standard InChI is InChI=1S/C17H16F3N5O2/c1-27-13-8-10(2-5-12(13)26)9-24(11-3-4-11)15-7-6-14-21-22-16(17(18,19)20)25(14)23-15/h2,5-8,11,26H,3-4,9H2,1H3. The Morgan fingerprint density at radius 1 is 1.22 bits per heavy atom. The van der Waals surface area contributed by atoms with E-state index in [0.29, 0.717) is 18.1 Å². The minimum atomic E-state index is -4.64. The SMILES string of the molecule is COc1cc(CN(c2ccc3nnc(C(F)(F)F)n3n2)C2CC2)ccc1O. The third kappa shape index (κ3) is 3.34. The molecule has 2 heterocycles. The first-order valence-electron chi connectivity index (χ1n) is 8.29. The number of anilines is 1. The lowest BCUT2D eigenvalue weighted by atomic mass is 10.2. The maximum absolute atomic E-state index is 13.1. The summed E-state index contributed by atoms with van der Waals surface area (Å²) >= 11 is 0. The number of aromatic nitrogens is 4. The maximum Gasteiger partial charge on any atom is 0.453 e. The molecule has 0 aliphatic heterocycles. The van der Waals surface area contributed by atoms with Crippen molar-refractivity contribution in [1.29, 1.82) is 0 Å². The number of aromatic hydroxyl groups is 1. The van der Waals surface area contributed by atoms with Crippen LogP contribution in [0.5, 0.6) is 11.5 Å². The van der Waals surface area contributed by atoms with Gasteiger partial charge in [-0.3, -0.25) is 0 Å². The number of halogens is 3. The smallest absolute Gasteiger partial charge is 0.453 e. The van der Waals surface area contributed by atoms with Crippen LogP contribution in [0.3, 0.4) is 0 Å². The van der Waals surface area contributed by atoms with Crippen molar-refractivity contribution in [2.45, 2.75) is 31.6 Å². The predicted molar refractivity (Wildman–Crippen MR) is 89.6 cm³/mol. The molecule has 10 heteroatoms. The Labute approximate surface area is 152 Å². The van der Waals surface area contributed by atoms with E-state index < -0.39 is 12.0 Å². The summed E-state index contributed by atoms with van der Waals surface area (Å²) < 4.78 is 45.2. The molecule has 0 amide bonds. The fourth-order valence-corrected chi connectivity index (χ4v) is 2.91. The van der Waals surface area contributed by atoms with Gasteiger partial charge in [-0.1, -0.05) is 6.07 Å². The van der Waals surface area contributed by atoms with Crippen molar-refractivity contribution in [3.8, 4) is 11.5 Å². The van der Waals surface area contributed by atoms with E-state index in [-0.39, 0.29) is 17.4 Å². The molecule has 1 aromatic carbocycles. The molecule has 1 aliphatic rings. The minimum absolute atomic E-state index is 0.0260. The fraction of sp³-hybridized carbons (Fsp3) is 0.353. The first-order chi connectivity index (χ1) is 12.9. The summed E-state index contributed by atoms with van der Waals surface area (Å²) in [7, 11) is 1.46. The molecule has 0 atom stereocenters. The van der Waals surface area contributed by atoms with E-state index >= 15 is 0 Å². The summed E-state index contributed by atoms with van der Waals surface area (Å²) in [5, 5.41) is 20.6. The van der Waals surface area contributed by atoms with Crippen LogP contribution in [-0.4, -0.2) is 38.1 Å².